The van der Waals surface area contributed by atoms with Gasteiger partial charge < -0.3 is 9.13 Å². The van der Waals surface area contributed by atoms with Gasteiger partial charge in [0.05, 0.1) is 21.9 Å². The Hall–Kier alpha value is -5.65. The molecule has 5 nitrogen and oxygen atoms in total. The van der Waals surface area contributed by atoms with Gasteiger partial charge in [-0.15, -0.1) is 0 Å². The lowest BCUT2D eigenvalue weighted by atomic mass is 9.79. The van der Waals surface area contributed by atoms with Gasteiger partial charge in [-0.2, -0.15) is 0 Å². The molecule has 0 fully saturated rings. The summed E-state index contributed by atoms with van der Waals surface area (Å²) in [6, 6.07) is 43.4. The fourth-order valence-corrected chi connectivity index (χ4v) is 8.36. The minimum Gasteiger partial charge on any atom is -0.340 e. The van der Waals surface area contributed by atoms with E-state index in [2.05, 4.69) is 132 Å². The molecule has 7 aromatic carbocycles. The minimum absolute atomic E-state index is 0.00200. The van der Waals surface area contributed by atoms with Gasteiger partial charge in [0, 0.05) is 73.6 Å². The molecule has 0 bridgehead atoms. The molecule has 1 radical (unpaired) electrons. The molecule has 0 spiro atoms. The van der Waals surface area contributed by atoms with Gasteiger partial charge in [-0.05, 0) is 71.6 Å². The maximum atomic E-state index is 12.2. The highest BCUT2D eigenvalue weighted by atomic mass is 35.5. The van der Waals surface area contributed by atoms with E-state index in [0.29, 0.717) is 10.6 Å². The number of aromatic nitrogens is 2. The number of nitrogens with zero attached hydrogens (tertiary/aromatic N) is 3. The molecule has 2 heterocycles. The molecule has 9 rings (SSSR count). The summed E-state index contributed by atoms with van der Waals surface area (Å²) in [6.45, 7) is 6.01. The molecule has 0 saturated carbocycles. The Bertz CT molecular complexity index is 2650. The molecular weight excluding hydrogens is 626 g/mol. The van der Waals surface area contributed by atoms with Crippen molar-refractivity contribution in [3.05, 3.63) is 165 Å². The van der Waals surface area contributed by atoms with Gasteiger partial charge in [-0.25, -0.2) is 0 Å². The van der Waals surface area contributed by atoms with E-state index in [0.717, 1.165) is 62.5 Å². The molecule has 0 aliphatic heterocycles. The van der Waals surface area contributed by atoms with Crippen LogP contribution in [0.1, 0.15) is 30.5 Å². The Kier molecular flexibility index (Phi) is 6.75. The van der Waals surface area contributed by atoms with Gasteiger partial charge >= 0.3 is 0 Å². The van der Waals surface area contributed by atoms with Crippen LogP contribution in [-0.4, -0.2) is 14.1 Å². The van der Waals surface area contributed by atoms with Gasteiger partial charge in [0.15, 0.2) is 0 Å². The lowest BCUT2D eigenvalue weighted by Gasteiger charge is -2.24. The highest BCUT2D eigenvalue weighted by molar-refractivity contribution is 6.32. The number of halogens is 1. The van der Waals surface area contributed by atoms with Crippen LogP contribution < -0.4 is 0 Å². The highest BCUT2D eigenvalue weighted by Gasteiger charge is 2.29. The van der Waals surface area contributed by atoms with Gasteiger partial charge in [0.2, 0.25) is 0 Å². The maximum Gasteiger partial charge on any atom is 0.269 e. The van der Waals surface area contributed by atoms with Crippen LogP contribution in [0, 0.1) is 16.0 Å². The predicted molar refractivity (Wildman–Crippen MR) is 204 cm³/mol. The molecule has 9 aromatic rings. The van der Waals surface area contributed by atoms with Crippen LogP contribution in [0.4, 0.5) is 5.69 Å². The number of para-hydroxylation sites is 2. The standard InChI is InChI=1S/C43H31ClN3O2/c1-3-45-39-19-11-9-15-29(39)35-24-33(27-13-5-7-17-31(27)42(35)45)41(37-23-26(47(48)49)21-22-38(37)44)34-25-36-30-16-10-12-20-40(30)46(4-2)43(36)32-18-8-6-14-28(32)34/h5-25H,3-4H2,1-2H3. The molecule has 49 heavy (non-hydrogen) atoms. The van der Waals surface area contributed by atoms with Crippen molar-refractivity contribution in [3.63, 3.8) is 0 Å². The smallest absolute Gasteiger partial charge is 0.269 e. The molecule has 0 saturated heterocycles. The van der Waals surface area contributed by atoms with Crippen LogP contribution in [-0.2, 0) is 13.1 Å². The van der Waals surface area contributed by atoms with Gasteiger partial charge in [0.1, 0.15) is 0 Å². The first-order chi connectivity index (χ1) is 24.0. The zero-order valence-electron chi connectivity index (χ0n) is 27.1. The third kappa shape index (κ3) is 4.25. The maximum absolute atomic E-state index is 12.2. The molecule has 2 aromatic heterocycles. The van der Waals surface area contributed by atoms with Crippen molar-refractivity contribution in [1.82, 2.24) is 9.13 Å². The molecular formula is C43H31ClN3O2. The fourth-order valence-electron chi connectivity index (χ4n) is 8.15. The minimum atomic E-state index is -0.343. The predicted octanol–water partition coefficient (Wildman–Crippen LogP) is 11.8. The van der Waals surface area contributed by atoms with Crippen molar-refractivity contribution in [1.29, 1.82) is 0 Å². The van der Waals surface area contributed by atoms with Gasteiger partial charge in [0.25, 0.3) is 5.69 Å². The number of hydrogen-bond acceptors (Lipinski definition) is 2. The summed E-state index contributed by atoms with van der Waals surface area (Å²) < 4.78 is 4.77. The van der Waals surface area contributed by atoms with Crippen molar-refractivity contribution in [2.45, 2.75) is 26.9 Å². The average Bonchev–Trinajstić information content (AvgIpc) is 3.64. The number of fused-ring (bicyclic) bond motifs is 10. The SMILES string of the molecule is CCn1c2ccccc2c2cc([C](c3cc([N+](=O)[O-])ccc3Cl)c3cc4c5ccccc5n(CC)c4c4ccccc34)c3ccccc3c21. The normalized spacial score (nSPS) is 12.1. The number of non-ortho nitro benzene ring substituents is 1. The Morgan fingerprint density at radius 1 is 0.551 bits per heavy atom. The zero-order chi connectivity index (χ0) is 33.4. The quantitative estimate of drug-likeness (QED) is 0.102. The van der Waals surface area contributed by atoms with Crippen LogP contribution in [0.15, 0.2) is 127 Å². The third-order valence-corrected chi connectivity index (χ3v) is 10.5. The number of rotatable bonds is 6. The topological polar surface area (TPSA) is 53.0 Å². The Balaban J connectivity index is 1.50. The second kappa shape index (κ2) is 11.2. The number of benzene rings is 7. The number of nitro benzene ring substituents is 1. The fraction of sp³-hybridized carbons (Fsp3) is 0.0930. The van der Waals surface area contributed by atoms with E-state index in [9.17, 15) is 10.1 Å². The van der Waals surface area contributed by atoms with Crippen LogP contribution >= 0.6 is 11.6 Å². The molecule has 0 aliphatic rings. The molecule has 6 heteroatoms. The molecule has 0 aliphatic carbocycles. The Morgan fingerprint density at radius 2 is 0.980 bits per heavy atom. The second-order valence-electron chi connectivity index (χ2n) is 12.6. The number of aryl methyl sites for hydroxylation is 2. The first-order valence-corrected chi connectivity index (χ1v) is 17.0. The zero-order valence-corrected chi connectivity index (χ0v) is 27.8. The first-order valence-electron chi connectivity index (χ1n) is 16.7. The van der Waals surface area contributed by atoms with E-state index < -0.39 is 0 Å². The second-order valence-corrected chi connectivity index (χ2v) is 13.0. The largest absolute Gasteiger partial charge is 0.340 e. The van der Waals surface area contributed by atoms with E-state index in [4.69, 9.17) is 11.6 Å². The summed E-state index contributed by atoms with van der Waals surface area (Å²) in [5.41, 5.74) is 7.30. The Labute approximate surface area is 287 Å². The molecule has 0 unspecified atom stereocenters. The summed E-state index contributed by atoms with van der Waals surface area (Å²) >= 11 is 7.13. The average molecular weight is 657 g/mol. The van der Waals surface area contributed by atoms with E-state index in [1.165, 1.54) is 38.9 Å². The highest BCUT2D eigenvalue weighted by Crippen LogP contribution is 2.47. The Morgan fingerprint density at radius 3 is 1.43 bits per heavy atom. The molecule has 237 valence electrons. The molecule has 0 atom stereocenters. The summed E-state index contributed by atoms with van der Waals surface area (Å²) in [5.74, 6) is 0.867. The van der Waals surface area contributed by atoms with Crippen molar-refractivity contribution < 1.29 is 4.92 Å². The summed E-state index contributed by atoms with van der Waals surface area (Å²) in [7, 11) is 0. The third-order valence-electron chi connectivity index (χ3n) is 10.1. The van der Waals surface area contributed by atoms with Gasteiger partial charge in [-0.1, -0.05) is 96.5 Å². The number of nitro groups is 1. The van der Waals surface area contributed by atoms with Crippen LogP contribution in [0.2, 0.25) is 5.02 Å². The monoisotopic (exact) mass is 656 g/mol. The van der Waals surface area contributed by atoms with E-state index in [-0.39, 0.29) is 10.6 Å². The van der Waals surface area contributed by atoms with Crippen molar-refractivity contribution in [2.75, 3.05) is 0 Å². The lowest BCUT2D eigenvalue weighted by molar-refractivity contribution is -0.384. The van der Waals surface area contributed by atoms with E-state index >= 15 is 0 Å². The summed E-state index contributed by atoms with van der Waals surface area (Å²) in [4.78, 5) is 11.9. The van der Waals surface area contributed by atoms with E-state index in [1.807, 2.05) is 0 Å². The van der Waals surface area contributed by atoms with Crippen LogP contribution in [0.3, 0.4) is 0 Å². The summed E-state index contributed by atoms with van der Waals surface area (Å²) in [5, 5.41) is 21.7. The molecule has 0 N–H and O–H groups in total. The van der Waals surface area contributed by atoms with Gasteiger partial charge in [-0.3, -0.25) is 10.1 Å². The number of hydrogen-bond donors (Lipinski definition) is 0. The van der Waals surface area contributed by atoms with Crippen molar-refractivity contribution >= 4 is 82.4 Å². The van der Waals surface area contributed by atoms with Crippen LogP contribution in [0.5, 0.6) is 0 Å². The van der Waals surface area contributed by atoms with Crippen LogP contribution in [0.25, 0.3) is 65.2 Å². The van der Waals surface area contributed by atoms with E-state index in [1.54, 1.807) is 12.1 Å². The summed E-state index contributed by atoms with van der Waals surface area (Å²) in [6.07, 6.45) is 0. The first kappa shape index (κ1) is 29.5. The molecule has 0 amide bonds. The van der Waals surface area contributed by atoms with Crippen molar-refractivity contribution in [3.8, 4) is 0 Å². The lowest BCUT2D eigenvalue weighted by Crippen LogP contribution is -2.09. The van der Waals surface area contributed by atoms with Crippen molar-refractivity contribution in [2.24, 2.45) is 0 Å².